The molecule has 0 aromatic heterocycles. The fourth-order valence-corrected chi connectivity index (χ4v) is 2.35. The van der Waals surface area contributed by atoms with E-state index in [4.69, 9.17) is 16.3 Å². The molecule has 106 valence electrons. The Morgan fingerprint density at radius 3 is 2.35 bits per heavy atom. The van der Waals surface area contributed by atoms with E-state index < -0.39 is 17.0 Å². The van der Waals surface area contributed by atoms with Crippen LogP contribution in [0.15, 0.2) is 36.4 Å². The predicted octanol–water partition coefficient (Wildman–Crippen LogP) is 5.00. The Hall–Kier alpha value is -1.61. The lowest BCUT2D eigenvalue weighted by molar-refractivity contribution is 0.336. The summed E-state index contributed by atoms with van der Waals surface area (Å²) in [4.78, 5) is 0. The van der Waals surface area contributed by atoms with E-state index in [2.05, 4.69) is 0 Å². The zero-order valence-electron chi connectivity index (χ0n) is 11.3. The van der Waals surface area contributed by atoms with Crippen molar-refractivity contribution >= 4 is 11.6 Å². The minimum atomic E-state index is -0.665. The fraction of sp³-hybridized carbons (Fsp3) is 0.250. The standard InChI is InChI=1S/C16H15ClF2O/c1-3-20-15-5-4-10(2)6-14(15)16(17)11-7-12(18)9-13(19)8-11/h4-9,16H,3H2,1-2H3. The van der Waals surface area contributed by atoms with Crippen LogP contribution in [0.5, 0.6) is 5.75 Å². The number of rotatable bonds is 4. The van der Waals surface area contributed by atoms with Crippen LogP contribution in [0.1, 0.15) is 29.0 Å². The van der Waals surface area contributed by atoms with Crippen molar-refractivity contribution in [3.05, 3.63) is 64.7 Å². The second kappa shape index (κ2) is 6.23. The molecule has 1 unspecified atom stereocenters. The van der Waals surface area contributed by atoms with Crippen molar-refractivity contribution in [2.75, 3.05) is 6.61 Å². The van der Waals surface area contributed by atoms with Crippen LogP contribution in [0.2, 0.25) is 0 Å². The number of ether oxygens (including phenoxy) is 1. The van der Waals surface area contributed by atoms with Crippen LogP contribution in [0.25, 0.3) is 0 Å². The first-order valence-corrected chi connectivity index (χ1v) is 6.78. The molecule has 0 spiro atoms. The third-order valence-electron chi connectivity index (χ3n) is 2.92. The summed E-state index contributed by atoms with van der Waals surface area (Å²) in [5.74, 6) is -0.657. The molecule has 2 aromatic rings. The molecule has 1 nitrogen and oxygen atoms in total. The highest BCUT2D eigenvalue weighted by molar-refractivity contribution is 6.22. The first-order valence-electron chi connectivity index (χ1n) is 6.34. The maximum absolute atomic E-state index is 13.3. The molecule has 0 radical (unpaired) electrons. The van der Waals surface area contributed by atoms with E-state index in [1.807, 2.05) is 32.0 Å². The Morgan fingerprint density at radius 2 is 1.75 bits per heavy atom. The average molecular weight is 297 g/mol. The smallest absolute Gasteiger partial charge is 0.126 e. The van der Waals surface area contributed by atoms with Crippen LogP contribution < -0.4 is 4.74 Å². The first kappa shape index (κ1) is 14.8. The van der Waals surface area contributed by atoms with Gasteiger partial charge < -0.3 is 4.74 Å². The molecule has 0 aliphatic carbocycles. The van der Waals surface area contributed by atoms with Gasteiger partial charge >= 0.3 is 0 Å². The van der Waals surface area contributed by atoms with Crippen molar-refractivity contribution in [3.8, 4) is 5.75 Å². The largest absolute Gasteiger partial charge is 0.494 e. The zero-order chi connectivity index (χ0) is 14.7. The van der Waals surface area contributed by atoms with Gasteiger partial charge in [-0.15, -0.1) is 11.6 Å². The second-order valence-electron chi connectivity index (χ2n) is 4.54. The van der Waals surface area contributed by atoms with Gasteiger partial charge in [-0.3, -0.25) is 0 Å². The van der Waals surface area contributed by atoms with Gasteiger partial charge in [0.25, 0.3) is 0 Å². The number of halogens is 3. The molecule has 2 aromatic carbocycles. The van der Waals surface area contributed by atoms with Crippen LogP contribution in [0, 0.1) is 18.6 Å². The second-order valence-corrected chi connectivity index (χ2v) is 4.98. The lowest BCUT2D eigenvalue weighted by Crippen LogP contribution is -2.01. The molecule has 20 heavy (non-hydrogen) atoms. The van der Waals surface area contributed by atoms with Gasteiger partial charge in [-0.2, -0.15) is 0 Å². The molecule has 1 atom stereocenters. The quantitative estimate of drug-likeness (QED) is 0.721. The molecule has 0 fully saturated rings. The Morgan fingerprint density at radius 1 is 1.10 bits per heavy atom. The van der Waals surface area contributed by atoms with Crippen LogP contribution in [0.3, 0.4) is 0 Å². The summed E-state index contributed by atoms with van der Waals surface area (Å²) < 4.78 is 32.1. The van der Waals surface area contributed by atoms with E-state index in [9.17, 15) is 8.78 Å². The Bertz CT molecular complexity index is 593. The van der Waals surface area contributed by atoms with Crippen molar-refractivity contribution in [1.29, 1.82) is 0 Å². The van der Waals surface area contributed by atoms with Gasteiger partial charge in [-0.05, 0) is 37.6 Å². The predicted molar refractivity (Wildman–Crippen MR) is 76.4 cm³/mol. The maximum Gasteiger partial charge on any atom is 0.126 e. The summed E-state index contributed by atoms with van der Waals surface area (Å²) in [7, 11) is 0. The highest BCUT2D eigenvalue weighted by Crippen LogP contribution is 2.36. The summed E-state index contributed by atoms with van der Waals surface area (Å²) in [6.07, 6.45) is 0. The van der Waals surface area contributed by atoms with Crippen molar-refractivity contribution in [2.45, 2.75) is 19.2 Å². The van der Waals surface area contributed by atoms with Crippen molar-refractivity contribution < 1.29 is 13.5 Å². The zero-order valence-corrected chi connectivity index (χ0v) is 12.0. The molecule has 0 heterocycles. The maximum atomic E-state index is 13.3. The van der Waals surface area contributed by atoms with Crippen LogP contribution in [-0.4, -0.2) is 6.61 Å². The monoisotopic (exact) mass is 296 g/mol. The highest BCUT2D eigenvalue weighted by Gasteiger charge is 2.17. The van der Waals surface area contributed by atoms with Crippen molar-refractivity contribution in [2.24, 2.45) is 0 Å². The summed E-state index contributed by atoms with van der Waals surface area (Å²) in [6.45, 7) is 4.29. The van der Waals surface area contributed by atoms with Crippen molar-refractivity contribution in [1.82, 2.24) is 0 Å². The van der Waals surface area contributed by atoms with E-state index >= 15 is 0 Å². The van der Waals surface area contributed by atoms with Gasteiger partial charge in [0.15, 0.2) is 0 Å². The van der Waals surface area contributed by atoms with Gasteiger partial charge in [0, 0.05) is 11.6 Å². The number of alkyl halides is 1. The lowest BCUT2D eigenvalue weighted by atomic mass is 10.0. The molecular formula is C16H15ClF2O. The SMILES string of the molecule is CCOc1ccc(C)cc1C(Cl)c1cc(F)cc(F)c1. The molecule has 4 heteroatoms. The molecule has 0 bridgehead atoms. The third kappa shape index (κ3) is 3.28. The Kier molecular flexibility index (Phi) is 4.61. The molecule has 0 saturated heterocycles. The number of benzene rings is 2. The summed E-state index contributed by atoms with van der Waals surface area (Å²) in [5, 5.41) is -0.665. The summed E-state index contributed by atoms with van der Waals surface area (Å²) >= 11 is 6.38. The number of hydrogen-bond acceptors (Lipinski definition) is 1. The van der Waals surface area contributed by atoms with Crippen LogP contribution >= 0.6 is 11.6 Å². The van der Waals surface area contributed by atoms with Gasteiger partial charge in [0.2, 0.25) is 0 Å². The van der Waals surface area contributed by atoms with E-state index in [-0.39, 0.29) is 0 Å². The van der Waals surface area contributed by atoms with Crippen LogP contribution in [-0.2, 0) is 0 Å². The Labute approximate surface area is 122 Å². The van der Waals surface area contributed by atoms with Gasteiger partial charge in [0.1, 0.15) is 17.4 Å². The Balaban J connectivity index is 2.46. The van der Waals surface area contributed by atoms with E-state index in [1.54, 1.807) is 0 Å². The lowest BCUT2D eigenvalue weighted by Gasteiger charge is -2.16. The molecule has 0 aliphatic heterocycles. The minimum Gasteiger partial charge on any atom is -0.494 e. The third-order valence-corrected chi connectivity index (χ3v) is 3.40. The van der Waals surface area contributed by atoms with Gasteiger partial charge in [-0.25, -0.2) is 8.78 Å². The van der Waals surface area contributed by atoms with Gasteiger partial charge in [-0.1, -0.05) is 17.7 Å². The number of aryl methyl sites for hydroxylation is 1. The molecular weight excluding hydrogens is 282 g/mol. The first-order chi connectivity index (χ1) is 9.51. The molecule has 0 aliphatic rings. The van der Waals surface area contributed by atoms with Crippen LogP contribution in [0.4, 0.5) is 8.78 Å². The number of hydrogen-bond donors (Lipinski definition) is 0. The highest BCUT2D eigenvalue weighted by atomic mass is 35.5. The van der Waals surface area contributed by atoms with E-state index in [0.717, 1.165) is 11.6 Å². The van der Waals surface area contributed by atoms with Gasteiger partial charge in [0.05, 0.1) is 12.0 Å². The normalized spacial score (nSPS) is 12.2. The molecule has 0 N–H and O–H groups in total. The minimum absolute atomic E-state index is 0.371. The van der Waals surface area contributed by atoms with Crippen molar-refractivity contribution in [3.63, 3.8) is 0 Å². The van der Waals surface area contributed by atoms with E-state index in [0.29, 0.717) is 23.5 Å². The fourth-order valence-electron chi connectivity index (χ4n) is 2.05. The summed E-state index contributed by atoms with van der Waals surface area (Å²) in [6, 6.07) is 8.89. The topological polar surface area (TPSA) is 9.23 Å². The van der Waals surface area contributed by atoms with E-state index in [1.165, 1.54) is 12.1 Å². The average Bonchev–Trinajstić information content (AvgIpc) is 2.39. The molecule has 2 rings (SSSR count). The molecule has 0 saturated carbocycles. The molecule has 0 amide bonds. The summed E-state index contributed by atoms with van der Waals surface area (Å²) in [5.41, 5.74) is 2.08.